The van der Waals surface area contributed by atoms with E-state index in [0.29, 0.717) is 6.04 Å². The van der Waals surface area contributed by atoms with E-state index < -0.39 is 0 Å². The lowest BCUT2D eigenvalue weighted by molar-refractivity contribution is 0.123. The van der Waals surface area contributed by atoms with E-state index in [1.165, 1.54) is 31.2 Å². The molecule has 1 aliphatic heterocycles. The molecule has 0 amide bonds. The van der Waals surface area contributed by atoms with Crippen molar-refractivity contribution in [1.82, 2.24) is 15.5 Å². The molecule has 1 heterocycles. The fraction of sp³-hybridized carbons (Fsp3) is 0.682. The SMILES string of the molecule is CN=C(NCCCOCC1CC1)NCC(c1ccc(OC)cc1)N1CCCC1. The van der Waals surface area contributed by atoms with Gasteiger partial charge < -0.3 is 20.1 Å². The molecule has 2 fully saturated rings. The lowest BCUT2D eigenvalue weighted by atomic mass is 10.1. The van der Waals surface area contributed by atoms with Gasteiger partial charge in [0.1, 0.15) is 5.75 Å². The van der Waals surface area contributed by atoms with Crippen LogP contribution in [0.2, 0.25) is 0 Å². The minimum atomic E-state index is 0.342. The number of benzene rings is 1. The van der Waals surface area contributed by atoms with E-state index in [0.717, 1.165) is 63.4 Å². The largest absolute Gasteiger partial charge is 0.497 e. The van der Waals surface area contributed by atoms with Crippen LogP contribution in [0.4, 0.5) is 0 Å². The number of likely N-dealkylation sites (tertiary alicyclic amines) is 1. The second-order valence-electron chi connectivity index (χ2n) is 7.78. The first-order chi connectivity index (χ1) is 13.8. The van der Waals surface area contributed by atoms with Crippen LogP contribution in [0, 0.1) is 5.92 Å². The molecule has 1 saturated carbocycles. The number of ether oxygens (including phenoxy) is 2. The maximum Gasteiger partial charge on any atom is 0.191 e. The monoisotopic (exact) mass is 388 g/mol. The van der Waals surface area contributed by atoms with Crippen molar-refractivity contribution in [2.45, 2.75) is 38.1 Å². The first-order valence-corrected chi connectivity index (χ1v) is 10.7. The van der Waals surface area contributed by atoms with Gasteiger partial charge >= 0.3 is 0 Å². The van der Waals surface area contributed by atoms with E-state index in [-0.39, 0.29) is 0 Å². The van der Waals surface area contributed by atoms with Gasteiger partial charge in [0.15, 0.2) is 5.96 Å². The van der Waals surface area contributed by atoms with Gasteiger partial charge in [-0.25, -0.2) is 0 Å². The van der Waals surface area contributed by atoms with E-state index in [1.807, 2.05) is 19.2 Å². The average Bonchev–Trinajstić information content (AvgIpc) is 3.41. The molecule has 28 heavy (non-hydrogen) atoms. The van der Waals surface area contributed by atoms with Gasteiger partial charge in [0.2, 0.25) is 0 Å². The van der Waals surface area contributed by atoms with E-state index in [4.69, 9.17) is 9.47 Å². The van der Waals surface area contributed by atoms with E-state index in [9.17, 15) is 0 Å². The molecular formula is C22H36N4O2. The molecule has 1 atom stereocenters. The van der Waals surface area contributed by atoms with Crippen molar-refractivity contribution in [3.63, 3.8) is 0 Å². The minimum Gasteiger partial charge on any atom is -0.497 e. The molecule has 6 nitrogen and oxygen atoms in total. The quantitative estimate of drug-likeness (QED) is 0.347. The minimum absolute atomic E-state index is 0.342. The van der Waals surface area contributed by atoms with Crippen LogP contribution in [-0.4, -0.2) is 64.4 Å². The van der Waals surface area contributed by atoms with Crippen LogP contribution in [0.3, 0.4) is 0 Å². The van der Waals surface area contributed by atoms with E-state index in [1.54, 1.807) is 7.11 Å². The lowest BCUT2D eigenvalue weighted by Gasteiger charge is -2.29. The first-order valence-electron chi connectivity index (χ1n) is 10.7. The average molecular weight is 389 g/mol. The number of hydrogen-bond acceptors (Lipinski definition) is 4. The van der Waals surface area contributed by atoms with Gasteiger partial charge in [0.05, 0.1) is 13.2 Å². The Morgan fingerprint density at radius 2 is 1.93 bits per heavy atom. The summed E-state index contributed by atoms with van der Waals surface area (Å²) in [5, 5.41) is 6.93. The van der Waals surface area contributed by atoms with Crippen LogP contribution in [-0.2, 0) is 4.74 Å². The van der Waals surface area contributed by atoms with Crippen molar-refractivity contribution in [1.29, 1.82) is 0 Å². The molecule has 1 aromatic rings. The van der Waals surface area contributed by atoms with Crippen molar-refractivity contribution in [2.24, 2.45) is 10.9 Å². The zero-order valence-corrected chi connectivity index (χ0v) is 17.5. The number of methoxy groups -OCH3 is 1. The Bertz CT molecular complexity index is 595. The topological polar surface area (TPSA) is 58.1 Å². The summed E-state index contributed by atoms with van der Waals surface area (Å²) in [6.45, 7) is 5.78. The molecule has 0 aromatic heterocycles. The predicted octanol–water partition coefficient (Wildman–Crippen LogP) is 2.81. The molecular weight excluding hydrogens is 352 g/mol. The zero-order valence-electron chi connectivity index (χ0n) is 17.5. The van der Waals surface area contributed by atoms with Gasteiger partial charge in [0, 0.05) is 33.4 Å². The third-order valence-electron chi connectivity index (χ3n) is 5.58. The highest BCUT2D eigenvalue weighted by molar-refractivity contribution is 5.79. The highest BCUT2D eigenvalue weighted by atomic mass is 16.5. The molecule has 1 saturated heterocycles. The van der Waals surface area contributed by atoms with Crippen LogP contribution < -0.4 is 15.4 Å². The highest BCUT2D eigenvalue weighted by Crippen LogP contribution is 2.28. The maximum absolute atomic E-state index is 5.70. The molecule has 1 aliphatic carbocycles. The second kappa shape index (κ2) is 11.3. The molecule has 1 aromatic carbocycles. The molecule has 6 heteroatoms. The van der Waals surface area contributed by atoms with Crippen LogP contribution >= 0.6 is 0 Å². The van der Waals surface area contributed by atoms with Crippen molar-refractivity contribution >= 4 is 5.96 Å². The highest BCUT2D eigenvalue weighted by Gasteiger charge is 2.24. The molecule has 3 rings (SSSR count). The molecule has 156 valence electrons. The summed E-state index contributed by atoms with van der Waals surface area (Å²) in [6, 6.07) is 8.79. The summed E-state index contributed by atoms with van der Waals surface area (Å²) in [7, 11) is 3.54. The van der Waals surface area contributed by atoms with Crippen molar-refractivity contribution < 1.29 is 9.47 Å². The molecule has 2 aliphatic rings. The van der Waals surface area contributed by atoms with Crippen LogP contribution in [0.1, 0.15) is 43.7 Å². The molecule has 0 radical (unpaired) electrons. The number of aliphatic imine (C=N–C) groups is 1. The number of rotatable bonds is 11. The number of guanidine groups is 1. The third-order valence-corrected chi connectivity index (χ3v) is 5.58. The molecule has 1 unspecified atom stereocenters. The maximum atomic E-state index is 5.70. The fourth-order valence-corrected chi connectivity index (χ4v) is 3.67. The second-order valence-corrected chi connectivity index (χ2v) is 7.78. The van der Waals surface area contributed by atoms with E-state index >= 15 is 0 Å². The number of nitrogens with zero attached hydrogens (tertiary/aromatic N) is 2. The summed E-state index contributed by atoms with van der Waals surface area (Å²) in [6.07, 6.45) is 6.25. The molecule has 0 spiro atoms. The summed E-state index contributed by atoms with van der Waals surface area (Å²) >= 11 is 0. The van der Waals surface area contributed by atoms with Crippen LogP contribution in [0.15, 0.2) is 29.3 Å². The Morgan fingerprint density at radius 3 is 2.57 bits per heavy atom. The van der Waals surface area contributed by atoms with Gasteiger partial charge in [-0.2, -0.15) is 0 Å². The van der Waals surface area contributed by atoms with Crippen LogP contribution in [0.5, 0.6) is 5.75 Å². The Morgan fingerprint density at radius 1 is 1.18 bits per heavy atom. The van der Waals surface area contributed by atoms with Gasteiger partial charge in [-0.15, -0.1) is 0 Å². The van der Waals surface area contributed by atoms with Crippen molar-refractivity contribution in [3.8, 4) is 5.75 Å². The third kappa shape index (κ3) is 6.67. The summed E-state index contributed by atoms with van der Waals surface area (Å²) in [5.74, 6) is 2.60. The van der Waals surface area contributed by atoms with Crippen LogP contribution in [0.25, 0.3) is 0 Å². The van der Waals surface area contributed by atoms with Gasteiger partial charge in [-0.1, -0.05) is 12.1 Å². The Labute approximate surface area is 169 Å². The normalized spacial score (nSPS) is 18.9. The summed E-state index contributed by atoms with van der Waals surface area (Å²) < 4.78 is 11.0. The Kier molecular flexibility index (Phi) is 8.42. The van der Waals surface area contributed by atoms with Crippen molar-refractivity contribution in [3.05, 3.63) is 29.8 Å². The first kappa shape index (κ1) is 20.9. The Balaban J connectivity index is 1.45. The van der Waals surface area contributed by atoms with Gasteiger partial charge in [-0.05, 0) is 68.8 Å². The summed E-state index contributed by atoms with van der Waals surface area (Å²) in [4.78, 5) is 6.94. The Hall–Kier alpha value is -1.79. The standard InChI is InChI=1S/C22H36N4O2/c1-23-22(24-12-5-15-28-17-18-6-7-18)25-16-21(26-13-3-4-14-26)19-8-10-20(27-2)11-9-19/h8-11,18,21H,3-7,12-17H2,1-2H3,(H2,23,24,25). The smallest absolute Gasteiger partial charge is 0.191 e. The zero-order chi connectivity index (χ0) is 19.6. The lowest BCUT2D eigenvalue weighted by Crippen LogP contribution is -2.43. The van der Waals surface area contributed by atoms with Gasteiger partial charge in [0.25, 0.3) is 0 Å². The number of hydrogen-bond donors (Lipinski definition) is 2. The molecule has 0 bridgehead atoms. The van der Waals surface area contributed by atoms with Gasteiger partial charge in [-0.3, -0.25) is 9.89 Å². The fourth-order valence-electron chi connectivity index (χ4n) is 3.67. The number of nitrogens with one attached hydrogen (secondary N) is 2. The molecule has 2 N–H and O–H groups in total. The van der Waals surface area contributed by atoms with Crippen molar-refractivity contribution in [2.75, 3.05) is 53.6 Å². The van der Waals surface area contributed by atoms with E-state index in [2.05, 4.69) is 32.7 Å². The predicted molar refractivity (Wildman–Crippen MR) is 114 cm³/mol. The summed E-state index contributed by atoms with van der Waals surface area (Å²) in [5.41, 5.74) is 1.32.